The van der Waals surface area contributed by atoms with E-state index in [-0.39, 0.29) is 6.04 Å². The fourth-order valence-electron chi connectivity index (χ4n) is 3.47. The Morgan fingerprint density at radius 3 is 2.55 bits per heavy atom. The standard InChI is InChI=1S/C22H19N7/c1-16(18-10-5-6-11-20(18)28-13-7-12-25-28)27-21-19-14-26-29(22(19)24-15-23-21)17-8-3-2-4-9-17/h2-16H,1H3,(H,23,24,27). The van der Waals surface area contributed by atoms with Crippen molar-refractivity contribution in [3.05, 3.63) is 91.1 Å². The molecule has 0 spiro atoms. The summed E-state index contributed by atoms with van der Waals surface area (Å²) >= 11 is 0. The van der Waals surface area contributed by atoms with Crippen LogP contribution in [0.1, 0.15) is 18.5 Å². The summed E-state index contributed by atoms with van der Waals surface area (Å²) in [5.41, 5.74) is 3.88. The topological polar surface area (TPSA) is 73.5 Å². The molecule has 7 heteroatoms. The number of rotatable bonds is 5. The highest BCUT2D eigenvalue weighted by Crippen LogP contribution is 2.27. The van der Waals surface area contributed by atoms with Gasteiger partial charge in [-0.15, -0.1) is 0 Å². The molecule has 1 N–H and O–H groups in total. The first kappa shape index (κ1) is 17.1. The van der Waals surface area contributed by atoms with Gasteiger partial charge in [-0.05, 0) is 36.8 Å². The summed E-state index contributed by atoms with van der Waals surface area (Å²) in [6, 6.07) is 20.1. The molecule has 142 valence electrons. The van der Waals surface area contributed by atoms with Crippen molar-refractivity contribution in [2.24, 2.45) is 0 Å². The van der Waals surface area contributed by atoms with Crippen LogP contribution in [0.15, 0.2) is 85.6 Å². The minimum atomic E-state index is 0.00794. The molecule has 0 bridgehead atoms. The minimum Gasteiger partial charge on any atom is -0.363 e. The summed E-state index contributed by atoms with van der Waals surface area (Å²) in [5.74, 6) is 0.750. The molecule has 0 fully saturated rings. The van der Waals surface area contributed by atoms with Crippen LogP contribution in [0.2, 0.25) is 0 Å². The van der Waals surface area contributed by atoms with Gasteiger partial charge in [0.15, 0.2) is 5.65 Å². The van der Waals surface area contributed by atoms with E-state index in [9.17, 15) is 0 Å². The van der Waals surface area contributed by atoms with Gasteiger partial charge in [0.1, 0.15) is 12.1 Å². The largest absolute Gasteiger partial charge is 0.363 e. The van der Waals surface area contributed by atoms with Gasteiger partial charge in [-0.25, -0.2) is 19.3 Å². The molecule has 0 saturated heterocycles. The second-order valence-electron chi connectivity index (χ2n) is 6.73. The van der Waals surface area contributed by atoms with Crippen molar-refractivity contribution < 1.29 is 0 Å². The van der Waals surface area contributed by atoms with E-state index in [0.717, 1.165) is 33.8 Å². The van der Waals surface area contributed by atoms with Crippen LogP contribution in [0.5, 0.6) is 0 Å². The molecule has 0 aliphatic carbocycles. The molecule has 29 heavy (non-hydrogen) atoms. The average molecular weight is 381 g/mol. The normalized spacial score (nSPS) is 12.2. The van der Waals surface area contributed by atoms with Crippen LogP contribution in [-0.4, -0.2) is 29.5 Å². The number of anilines is 1. The maximum Gasteiger partial charge on any atom is 0.168 e. The fraction of sp³-hybridized carbons (Fsp3) is 0.0909. The highest BCUT2D eigenvalue weighted by molar-refractivity contribution is 5.87. The van der Waals surface area contributed by atoms with E-state index in [0.29, 0.717) is 0 Å². The number of para-hydroxylation sites is 2. The third kappa shape index (κ3) is 3.12. The second kappa shape index (κ2) is 7.20. The first-order chi connectivity index (χ1) is 14.3. The number of fused-ring (bicyclic) bond motifs is 1. The van der Waals surface area contributed by atoms with Gasteiger partial charge in [0.25, 0.3) is 0 Å². The molecule has 5 rings (SSSR count). The number of hydrogen-bond acceptors (Lipinski definition) is 5. The molecule has 0 radical (unpaired) electrons. The molecule has 5 aromatic rings. The number of hydrogen-bond donors (Lipinski definition) is 1. The van der Waals surface area contributed by atoms with Gasteiger partial charge in [-0.1, -0.05) is 36.4 Å². The summed E-state index contributed by atoms with van der Waals surface area (Å²) in [4.78, 5) is 8.93. The van der Waals surface area contributed by atoms with Crippen molar-refractivity contribution in [1.29, 1.82) is 0 Å². The van der Waals surface area contributed by atoms with Crippen molar-refractivity contribution >= 4 is 16.9 Å². The maximum absolute atomic E-state index is 4.52. The van der Waals surface area contributed by atoms with E-state index in [1.54, 1.807) is 18.7 Å². The second-order valence-corrected chi connectivity index (χ2v) is 6.73. The SMILES string of the molecule is CC(Nc1ncnc2c1cnn2-c1ccccc1)c1ccccc1-n1cccn1. The summed E-state index contributed by atoms with van der Waals surface area (Å²) in [5, 5.41) is 13.3. The van der Waals surface area contributed by atoms with Gasteiger partial charge < -0.3 is 5.32 Å². The van der Waals surface area contributed by atoms with Gasteiger partial charge in [-0.3, -0.25) is 0 Å². The third-order valence-electron chi connectivity index (χ3n) is 4.87. The van der Waals surface area contributed by atoms with Crippen LogP contribution in [0.3, 0.4) is 0 Å². The lowest BCUT2D eigenvalue weighted by Crippen LogP contribution is -2.12. The van der Waals surface area contributed by atoms with Crippen LogP contribution in [0.25, 0.3) is 22.4 Å². The zero-order chi connectivity index (χ0) is 19.6. The monoisotopic (exact) mass is 381 g/mol. The van der Waals surface area contributed by atoms with Gasteiger partial charge in [0.2, 0.25) is 0 Å². The summed E-state index contributed by atoms with van der Waals surface area (Å²) in [6.45, 7) is 2.11. The molecule has 3 aromatic heterocycles. The van der Waals surface area contributed by atoms with Crippen molar-refractivity contribution in [2.75, 3.05) is 5.32 Å². The molecule has 3 heterocycles. The van der Waals surface area contributed by atoms with E-state index >= 15 is 0 Å². The van der Waals surface area contributed by atoms with E-state index in [2.05, 4.69) is 44.5 Å². The van der Waals surface area contributed by atoms with Crippen LogP contribution in [0, 0.1) is 0 Å². The highest BCUT2D eigenvalue weighted by atomic mass is 15.3. The van der Waals surface area contributed by atoms with E-state index in [1.807, 2.05) is 64.1 Å². The number of nitrogens with one attached hydrogen (secondary N) is 1. The van der Waals surface area contributed by atoms with Crippen molar-refractivity contribution in [3.63, 3.8) is 0 Å². The zero-order valence-electron chi connectivity index (χ0n) is 15.8. The molecule has 2 aromatic carbocycles. The molecular weight excluding hydrogens is 362 g/mol. The lowest BCUT2D eigenvalue weighted by Gasteiger charge is -2.18. The van der Waals surface area contributed by atoms with Crippen molar-refractivity contribution in [3.8, 4) is 11.4 Å². The predicted octanol–water partition coefficient (Wildman–Crippen LogP) is 4.17. The maximum atomic E-state index is 4.52. The van der Waals surface area contributed by atoms with Gasteiger partial charge in [0.05, 0.1) is 29.0 Å². The third-order valence-corrected chi connectivity index (χ3v) is 4.87. The molecule has 0 aliphatic rings. The quantitative estimate of drug-likeness (QED) is 0.494. The molecule has 0 amide bonds. The number of aromatic nitrogens is 6. The molecule has 1 unspecified atom stereocenters. The van der Waals surface area contributed by atoms with E-state index in [4.69, 9.17) is 0 Å². The Labute approximate surface area is 167 Å². The Bertz CT molecular complexity index is 1240. The molecule has 0 saturated carbocycles. The molecular formula is C22H19N7. The lowest BCUT2D eigenvalue weighted by molar-refractivity contribution is 0.815. The van der Waals surface area contributed by atoms with E-state index in [1.165, 1.54) is 0 Å². The first-order valence-corrected chi connectivity index (χ1v) is 9.41. The lowest BCUT2D eigenvalue weighted by atomic mass is 10.1. The summed E-state index contributed by atoms with van der Waals surface area (Å²) in [7, 11) is 0. The predicted molar refractivity (Wildman–Crippen MR) is 112 cm³/mol. The Morgan fingerprint density at radius 1 is 0.897 bits per heavy atom. The number of benzene rings is 2. The molecule has 7 nitrogen and oxygen atoms in total. The Balaban J connectivity index is 1.51. The van der Waals surface area contributed by atoms with Crippen LogP contribution < -0.4 is 5.32 Å². The van der Waals surface area contributed by atoms with E-state index < -0.39 is 0 Å². The smallest absolute Gasteiger partial charge is 0.168 e. The fourth-order valence-corrected chi connectivity index (χ4v) is 3.47. The minimum absolute atomic E-state index is 0.00794. The number of nitrogens with zero attached hydrogens (tertiary/aromatic N) is 6. The van der Waals surface area contributed by atoms with Gasteiger partial charge in [0, 0.05) is 12.4 Å². The zero-order valence-corrected chi connectivity index (χ0v) is 15.8. The Kier molecular flexibility index (Phi) is 4.25. The average Bonchev–Trinajstić information content (AvgIpc) is 3.45. The molecule has 1 atom stereocenters. The van der Waals surface area contributed by atoms with Crippen molar-refractivity contribution in [2.45, 2.75) is 13.0 Å². The van der Waals surface area contributed by atoms with Crippen molar-refractivity contribution in [1.82, 2.24) is 29.5 Å². The molecule has 0 aliphatic heterocycles. The van der Waals surface area contributed by atoms with Crippen LogP contribution >= 0.6 is 0 Å². The van der Waals surface area contributed by atoms with Crippen LogP contribution in [0.4, 0.5) is 5.82 Å². The van der Waals surface area contributed by atoms with Gasteiger partial charge in [-0.2, -0.15) is 10.2 Å². The summed E-state index contributed by atoms with van der Waals surface area (Å²) < 4.78 is 3.70. The van der Waals surface area contributed by atoms with Crippen LogP contribution in [-0.2, 0) is 0 Å². The highest BCUT2D eigenvalue weighted by Gasteiger charge is 2.16. The first-order valence-electron chi connectivity index (χ1n) is 9.41. The van der Waals surface area contributed by atoms with Gasteiger partial charge >= 0.3 is 0 Å². The Hall–Kier alpha value is -4.00. The Morgan fingerprint density at radius 2 is 1.72 bits per heavy atom. The summed E-state index contributed by atoms with van der Waals surface area (Å²) in [6.07, 6.45) is 7.09.